The Morgan fingerprint density at radius 1 is 1.13 bits per heavy atom. The minimum Gasteiger partial charge on any atom is -0.494 e. The molecular weight excluding hydrogens is 418 g/mol. The molecule has 160 valence electrons. The molecule has 3 rings (SSSR count). The summed E-state index contributed by atoms with van der Waals surface area (Å²) in [7, 11) is 4.07. The number of carbonyl (C=O) groups is 1. The fourth-order valence-electron chi connectivity index (χ4n) is 2.93. The molecule has 0 unspecified atom stereocenters. The van der Waals surface area contributed by atoms with Gasteiger partial charge in [0.2, 0.25) is 0 Å². The fourth-order valence-corrected chi connectivity index (χ4v) is 3.96. The quantitative estimate of drug-likeness (QED) is 0.429. The lowest BCUT2D eigenvalue weighted by atomic mass is 10.2. The average molecular weight is 446 g/mol. The summed E-state index contributed by atoms with van der Waals surface area (Å²) >= 11 is 1.52. The zero-order valence-electron chi connectivity index (χ0n) is 17.6. The Balaban J connectivity index is 0.00000320. The molecule has 30 heavy (non-hydrogen) atoms. The van der Waals surface area contributed by atoms with E-state index < -0.39 is 0 Å². The van der Waals surface area contributed by atoms with Crippen molar-refractivity contribution < 1.29 is 9.53 Å². The van der Waals surface area contributed by atoms with E-state index >= 15 is 0 Å². The minimum atomic E-state index is -0.0586. The average Bonchev–Trinajstić information content (AvgIpc) is 3.13. The SMILES string of the molecule is CCOc1ccc2nc(N(CCCN(C)C)C(=O)C=Cc3ccccc3)sc2c1.Cl. The highest BCUT2D eigenvalue weighted by Crippen LogP contribution is 2.32. The van der Waals surface area contributed by atoms with Gasteiger partial charge in [0, 0.05) is 12.6 Å². The molecule has 0 atom stereocenters. The van der Waals surface area contributed by atoms with Gasteiger partial charge in [-0.1, -0.05) is 41.7 Å². The van der Waals surface area contributed by atoms with Crippen LogP contribution in [0.2, 0.25) is 0 Å². The van der Waals surface area contributed by atoms with E-state index in [1.165, 1.54) is 11.3 Å². The molecular formula is C23H28ClN3O2S. The summed E-state index contributed by atoms with van der Waals surface area (Å²) in [6, 6.07) is 15.7. The van der Waals surface area contributed by atoms with Gasteiger partial charge in [0.25, 0.3) is 5.91 Å². The highest BCUT2D eigenvalue weighted by Gasteiger charge is 2.18. The highest BCUT2D eigenvalue weighted by molar-refractivity contribution is 7.22. The number of hydrogen-bond donors (Lipinski definition) is 0. The molecule has 3 aromatic rings. The summed E-state index contributed by atoms with van der Waals surface area (Å²) in [6.45, 7) is 4.11. The first kappa shape index (κ1) is 23.9. The zero-order chi connectivity index (χ0) is 20.6. The van der Waals surface area contributed by atoms with E-state index in [0.29, 0.717) is 13.2 Å². The van der Waals surface area contributed by atoms with Crippen molar-refractivity contribution >= 4 is 51.1 Å². The van der Waals surface area contributed by atoms with Crippen LogP contribution in [0.15, 0.2) is 54.6 Å². The van der Waals surface area contributed by atoms with Gasteiger partial charge in [0.15, 0.2) is 5.13 Å². The lowest BCUT2D eigenvalue weighted by Gasteiger charge is -2.19. The van der Waals surface area contributed by atoms with E-state index in [2.05, 4.69) is 4.90 Å². The van der Waals surface area contributed by atoms with Gasteiger partial charge in [-0.15, -0.1) is 12.4 Å². The number of ether oxygens (including phenoxy) is 1. The number of thiazole rings is 1. The topological polar surface area (TPSA) is 45.7 Å². The lowest BCUT2D eigenvalue weighted by molar-refractivity contribution is -0.114. The Morgan fingerprint density at radius 3 is 2.60 bits per heavy atom. The second-order valence-corrected chi connectivity index (χ2v) is 7.96. The summed E-state index contributed by atoms with van der Waals surface area (Å²) in [5, 5.41) is 0.718. The summed E-state index contributed by atoms with van der Waals surface area (Å²) in [5.41, 5.74) is 1.88. The number of hydrogen-bond acceptors (Lipinski definition) is 5. The Labute approximate surface area is 188 Å². The molecule has 0 saturated heterocycles. The monoisotopic (exact) mass is 445 g/mol. The van der Waals surface area contributed by atoms with Crippen LogP contribution in [0.4, 0.5) is 5.13 Å². The van der Waals surface area contributed by atoms with E-state index in [1.807, 2.05) is 75.6 Å². The van der Waals surface area contributed by atoms with Crippen LogP contribution in [0.25, 0.3) is 16.3 Å². The number of nitrogens with zero attached hydrogens (tertiary/aromatic N) is 3. The zero-order valence-corrected chi connectivity index (χ0v) is 19.2. The molecule has 0 bridgehead atoms. The van der Waals surface area contributed by atoms with Crippen LogP contribution >= 0.6 is 23.7 Å². The Kier molecular flexibility index (Phi) is 9.30. The van der Waals surface area contributed by atoms with Gasteiger partial charge < -0.3 is 9.64 Å². The number of fused-ring (bicyclic) bond motifs is 1. The number of rotatable bonds is 9. The van der Waals surface area contributed by atoms with Gasteiger partial charge in [-0.05, 0) is 63.8 Å². The molecule has 0 fully saturated rings. The molecule has 0 spiro atoms. The van der Waals surface area contributed by atoms with Crippen LogP contribution in [0.1, 0.15) is 18.9 Å². The van der Waals surface area contributed by atoms with Crippen LogP contribution < -0.4 is 9.64 Å². The summed E-state index contributed by atoms with van der Waals surface area (Å²) < 4.78 is 6.61. The Morgan fingerprint density at radius 2 is 1.90 bits per heavy atom. The van der Waals surface area contributed by atoms with Crippen LogP contribution in [0.3, 0.4) is 0 Å². The van der Waals surface area contributed by atoms with Crippen molar-refractivity contribution in [3.63, 3.8) is 0 Å². The number of anilines is 1. The molecule has 0 aliphatic heterocycles. The summed E-state index contributed by atoms with van der Waals surface area (Å²) in [6.07, 6.45) is 4.35. The van der Waals surface area contributed by atoms with E-state index in [0.717, 1.165) is 39.6 Å². The fraction of sp³-hybridized carbons (Fsp3) is 0.304. The number of aromatic nitrogens is 1. The highest BCUT2D eigenvalue weighted by atomic mass is 35.5. The standard InChI is InChI=1S/C23H27N3O2S.ClH/c1-4-28-19-12-13-20-21(17-19)29-23(24-20)26(16-8-15-25(2)3)22(27)14-11-18-9-6-5-7-10-18;/h5-7,9-14,17H,4,8,15-16H2,1-3H3;1H. The smallest absolute Gasteiger partial charge is 0.252 e. The van der Waals surface area contributed by atoms with Crippen molar-refractivity contribution in [2.75, 3.05) is 38.7 Å². The molecule has 0 aliphatic carbocycles. The maximum atomic E-state index is 13.0. The molecule has 0 saturated carbocycles. The first-order chi connectivity index (χ1) is 14.1. The molecule has 1 amide bonds. The Bertz CT molecular complexity index is 973. The van der Waals surface area contributed by atoms with Gasteiger partial charge in [-0.3, -0.25) is 9.69 Å². The Hall–Kier alpha value is -2.41. The molecule has 1 aromatic heterocycles. The number of benzene rings is 2. The van der Waals surface area contributed by atoms with Crippen LogP contribution in [-0.2, 0) is 4.79 Å². The summed E-state index contributed by atoms with van der Waals surface area (Å²) in [5.74, 6) is 0.765. The second-order valence-electron chi connectivity index (χ2n) is 6.95. The predicted octanol–water partition coefficient (Wildman–Crippen LogP) is 5.11. The van der Waals surface area contributed by atoms with Gasteiger partial charge in [0.1, 0.15) is 5.75 Å². The van der Waals surface area contributed by atoms with Crippen LogP contribution in [0, 0.1) is 0 Å². The second kappa shape index (κ2) is 11.7. The largest absolute Gasteiger partial charge is 0.494 e. The molecule has 1 heterocycles. The van der Waals surface area contributed by atoms with Crippen molar-refractivity contribution in [1.82, 2.24) is 9.88 Å². The van der Waals surface area contributed by atoms with Crippen molar-refractivity contribution in [3.8, 4) is 5.75 Å². The minimum absolute atomic E-state index is 0. The number of carbonyl (C=O) groups excluding carboxylic acids is 1. The van der Waals surface area contributed by atoms with E-state index in [1.54, 1.807) is 11.0 Å². The molecule has 5 nitrogen and oxygen atoms in total. The third-order valence-electron chi connectivity index (χ3n) is 4.36. The summed E-state index contributed by atoms with van der Waals surface area (Å²) in [4.78, 5) is 21.6. The predicted molar refractivity (Wildman–Crippen MR) is 129 cm³/mol. The van der Waals surface area contributed by atoms with Crippen molar-refractivity contribution in [1.29, 1.82) is 0 Å². The number of halogens is 1. The van der Waals surface area contributed by atoms with Gasteiger partial charge in [-0.25, -0.2) is 4.98 Å². The molecule has 0 radical (unpaired) electrons. The number of amides is 1. The molecule has 0 N–H and O–H groups in total. The third-order valence-corrected chi connectivity index (χ3v) is 5.40. The molecule has 2 aromatic carbocycles. The van der Waals surface area contributed by atoms with Crippen molar-refractivity contribution in [2.24, 2.45) is 0 Å². The van der Waals surface area contributed by atoms with Crippen molar-refractivity contribution in [3.05, 3.63) is 60.2 Å². The third kappa shape index (κ3) is 6.55. The van der Waals surface area contributed by atoms with E-state index in [4.69, 9.17) is 9.72 Å². The van der Waals surface area contributed by atoms with Gasteiger partial charge in [0.05, 0.1) is 16.8 Å². The maximum Gasteiger partial charge on any atom is 0.252 e. The maximum absolute atomic E-state index is 13.0. The van der Waals surface area contributed by atoms with Gasteiger partial charge >= 0.3 is 0 Å². The normalized spacial score (nSPS) is 11.1. The van der Waals surface area contributed by atoms with Crippen molar-refractivity contribution in [2.45, 2.75) is 13.3 Å². The first-order valence-electron chi connectivity index (χ1n) is 9.79. The van der Waals surface area contributed by atoms with E-state index in [-0.39, 0.29) is 18.3 Å². The lowest BCUT2D eigenvalue weighted by Crippen LogP contribution is -2.32. The molecule has 0 aliphatic rings. The van der Waals surface area contributed by atoms with Gasteiger partial charge in [-0.2, -0.15) is 0 Å². The van der Waals surface area contributed by atoms with Crippen LogP contribution in [0.5, 0.6) is 5.75 Å². The first-order valence-corrected chi connectivity index (χ1v) is 10.6. The molecule has 7 heteroatoms. The van der Waals surface area contributed by atoms with Crippen LogP contribution in [-0.4, -0.2) is 49.6 Å². The van der Waals surface area contributed by atoms with E-state index in [9.17, 15) is 4.79 Å².